The van der Waals surface area contributed by atoms with Crippen LogP contribution in [0.3, 0.4) is 0 Å². The Morgan fingerprint density at radius 1 is 1.17 bits per heavy atom. The third-order valence-electron chi connectivity index (χ3n) is 5.09. The number of morpholine rings is 1. The molecular formula is C23H30N2O4. The molecule has 1 N–H and O–H groups in total. The van der Waals surface area contributed by atoms with Crippen molar-refractivity contribution in [3.8, 4) is 11.5 Å². The van der Waals surface area contributed by atoms with Gasteiger partial charge in [-0.25, -0.2) is 0 Å². The van der Waals surface area contributed by atoms with Crippen LogP contribution < -0.4 is 14.8 Å². The van der Waals surface area contributed by atoms with Crippen LogP contribution >= 0.6 is 0 Å². The van der Waals surface area contributed by atoms with Crippen LogP contribution in [0.2, 0.25) is 0 Å². The van der Waals surface area contributed by atoms with E-state index in [2.05, 4.69) is 41.4 Å². The molecule has 0 bridgehead atoms. The van der Waals surface area contributed by atoms with Crippen LogP contribution in [0.4, 0.5) is 0 Å². The Bertz CT molecular complexity index is 818. The van der Waals surface area contributed by atoms with Gasteiger partial charge in [0.1, 0.15) is 0 Å². The van der Waals surface area contributed by atoms with Crippen LogP contribution in [0.1, 0.15) is 34.5 Å². The summed E-state index contributed by atoms with van der Waals surface area (Å²) in [5, 5.41) is 3.10. The number of carbonyl (C=O) groups is 1. The quantitative estimate of drug-likeness (QED) is 0.740. The summed E-state index contributed by atoms with van der Waals surface area (Å²) < 4.78 is 16.4. The van der Waals surface area contributed by atoms with Crippen molar-refractivity contribution in [2.75, 3.05) is 46.6 Å². The largest absolute Gasteiger partial charge is 0.493 e. The highest BCUT2D eigenvalue weighted by atomic mass is 16.5. The molecule has 1 saturated heterocycles. The van der Waals surface area contributed by atoms with Crippen molar-refractivity contribution in [2.24, 2.45) is 0 Å². The number of aryl methyl sites for hydroxylation is 1. The Kier molecular flexibility index (Phi) is 7.49. The second-order valence-corrected chi connectivity index (χ2v) is 7.09. The van der Waals surface area contributed by atoms with Gasteiger partial charge in [0.05, 0.1) is 33.0 Å². The molecule has 3 rings (SSSR count). The van der Waals surface area contributed by atoms with Crippen molar-refractivity contribution in [1.29, 1.82) is 0 Å². The Morgan fingerprint density at radius 2 is 1.97 bits per heavy atom. The summed E-state index contributed by atoms with van der Waals surface area (Å²) in [5.41, 5.74) is 2.97. The first-order valence-corrected chi connectivity index (χ1v) is 10.1. The molecular weight excluding hydrogens is 368 g/mol. The highest BCUT2D eigenvalue weighted by Crippen LogP contribution is 2.28. The maximum absolute atomic E-state index is 12.8. The van der Waals surface area contributed by atoms with Gasteiger partial charge in [0.25, 0.3) is 5.91 Å². The Morgan fingerprint density at radius 3 is 2.66 bits per heavy atom. The maximum Gasteiger partial charge on any atom is 0.251 e. The van der Waals surface area contributed by atoms with Gasteiger partial charge in [-0.1, -0.05) is 29.8 Å². The highest BCUT2D eigenvalue weighted by molar-refractivity contribution is 5.94. The van der Waals surface area contributed by atoms with Gasteiger partial charge in [-0.05, 0) is 37.6 Å². The Balaban J connectivity index is 1.74. The smallest absolute Gasteiger partial charge is 0.251 e. The number of benzene rings is 2. The highest BCUT2D eigenvalue weighted by Gasteiger charge is 2.23. The molecule has 0 spiro atoms. The minimum absolute atomic E-state index is 0.104. The summed E-state index contributed by atoms with van der Waals surface area (Å²) in [5.74, 6) is 1.07. The van der Waals surface area contributed by atoms with E-state index in [1.54, 1.807) is 25.3 Å². The van der Waals surface area contributed by atoms with Crippen LogP contribution in [-0.4, -0.2) is 57.4 Å². The summed E-state index contributed by atoms with van der Waals surface area (Å²) in [6.07, 6.45) is 0. The molecule has 1 aliphatic rings. The zero-order valence-electron chi connectivity index (χ0n) is 17.4. The standard InChI is InChI=1S/C23H30N2O4/c1-4-29-21-9-8-19(15-22(21)27-3)23(26)24-16-20(25-10-12-28-13-11-25)18-7-5-6-17(2)14-18/h5-9,14-15,20H,4,10-13,16H2,1-3H3,(H,24,26). The summed E-state index contributed by atoms with van der Waals surface area (Å²) in [6, 6.07) is 13.8. The minimum Gasteiger partial charge on any atom is -0.493 e. The summed E-state index contributed by atoms with van der Waals surface area (Å²) in [7, 11) is 1.58. The van der Waals surface area contributed by atoms with Gasteiger partial charge >= 0.3 is 0 Å². The van der Waals surface area contributed by atoms with Crippen molar-refractivity contribution >= 4 is 5.91 Å². The predicted octanol–water partition coefficient (Wildman–Crippen LogP) is 3.21. The number of methoxy groups -OCH3 is 1. The van der Waals surface area contributed by atoms with E-state index in [9.17, 15) is 4.79 Å². The van der Waals surface area contributed by atoms with E-state index in [1.807, 2.05) is 6.92 Å². The van der Waals surface area contributed by atoms with Gasteiger partial charge in [-0.2, -0.15) is 0 Å². The SMILES string of the molecule is CCOc1ccc(C(=O)NCC(c2cccc(C)c2)N2CCOCC2)cc1OC. The molecule has 1 amide bonds. The van der Waals surface area contributed by atoms with Gasteiger partial charge in [0.2, 0.25) is 0 Å². The molecule has 0 radical (unpaired) electrons. The second-order valence-electron chi connectivity index (χ2n) is 7.09. The number of hydrogen-bond acceptors (Lipinski definition) is 5. The van der Waals surface area contributed by atoms with E-state index in [4.69, 9.17) is 14.2 Å². The molecule has 1 atom stereocenters. The minimum atomic E-state index is -0.128. The molecule has 1 aliphatic heterocycles. The van der Waals surface area contributed by atoms with Gasteiger partial charge < -0.3 is 19.5 Å². The van der Waals surface area contributed by atoms with Crippen molar-refractivity contribution in [2.45, 2.75) is 19.9 Å². The Hall–Kier alpha value is -2.57. The van der Waals surface area contributed by atoms with Crippen molar-refractivity contribution in [3.05, 3.63) is 59.2 Å². The lowest BCUT2D eigenvalue weighted by molar-refractivity contribution is 0.0162. The zero-order valence-corrected chi connectivity index (χ0v) is 17.4. The van der Waals surface area contributed by atoms with Gasteiger partial charge in [-0.15, -0.1) is 0 Å². The maximum atomic E-state index is 12.8. The zero-order chi connectivity index (χ0) is 20.6. The monoisotopic (exact) mass is 398 g/mol. The number of nitrogens with zero attached hydrogens (tertiary/aromatic N) is 1. The van der Waals surface area contributed by atoms with Gasteiger partial charge in [0, 0.05) is 25.2 Å². The second kappa shape index (κ2) is 10.3. The molecule has 2 aromatic rings. The number of amides is 1. The first kappa shape index (κ1) is 21.1. The van der Waals surface area contributed by atoms with E-state index in [0.29, 0.717) is 43.4 Å². The van der Waals surface area contributed by atoms with Crippen LogP contribution in [0.15, 0.2) is 42.5 Å². The number of nitrogens with one attached hydrogen (secondary N) is 1. The fraction of sp³-hybridized carbons (Fsp3) is 0.435. The molecule has 6 heteroatoms. The first-order valence-electron chi connectivity index (χ1n) is 10.1. The molecule has 156 valence electrons. The molecule has 1 fully saturated rings. The summed E-state index contributed by atoms with van der Waals surface area (Å²) in [4.78, 5) is 15.2. The van der Waals surface area contributed by atoms with E-state index in [0.717, 1.165) is 13.1 Å². The van der Waals surface area contributed by atoms with Crippen LogP contribution in [0.25, 0.3) is 0 Å². The lowest BCUT2D eigenvalue weighted by Gasteiger charge is -2.35. The van der Waals surface area contributed by atoms with E-state index >= 15 is 0 Å². The number of carbonyl (C=O) groups excluding carboxylic acids is 1. The van der Waals surface area contributed by atoms with Crippen molar-refractivity contribution in [3.63, 3.8) is 0 Å². The van der Waals surface area contributed by atoms with E-state index in [1.165, 1.54) is 11.1 Å². The molecule has 2 aromatic carbocycles. The fourth-order valence-electron chi connectivity index (χ4n) is 3.60. The lowest BCUT2D eigenvalue weighted by Crippen LogP contribution is -2.43. The van der Waals surface area contributed by atoms with Crippen molar-refractivity contribution < 1.29 is 19.0 Å². The third kappa shape index (κ3) is 5.49. The summed E-state index contributed by atoms with van der Waals surface area (Å²) >= 11 is 0. The lowest BCUT2D eigenvalue weighted by atomic mass is 10.0. The topological polar surface area (TPSA) is 60.0 Å². The molecule has 0 saturated carbocycles. The van der Waals surface area contributed by atoms with Crippen LogP contribution in [0.5, 0.6) is 11.5 Å². The first-order chi connectivity index (χ1) is 14.1. The van der Waals surface area contributed by atoms with Crippen LogP contribution in [-0.2, 0) is 4.74 Å². The summed E-state index contributed by atoms with van der Waals surface area (Å²) in [6.45, 7) is 8.20. The predicted molar refractivity (Wildman–Crippen MR) is 113 cm³/mol. The third-order valence-corrected chi connectivity index (χ3v) is 5.09. The number of rotatable bonds is 8. The molecule has 1 heterocycles. The average molecular weight is 399 g/mol. The molecule has 6 nitrogen and oxygen atoms in total. The molecule has 29 heavy (non-hydrogen) atoms. The van der Waals surface area contributed by atoms with E-state index < -0.39 is 0 Å². The fourth-order valence-corrected chi connectivity index (χ4v) is 3.60. The average Bonchev–Trinajstić information content (AvgIpc) is 2.75. The number of ether oxygens (including phenoxy) is 3. The van der Waals surface area contributed by atoms with Crippen molar-refractivity contribution in [1.82, 2.24) is 10.2 Å². The number of hydrogen-bond donors (Lipinski definition) is 1. The van der Waals surface area contributed by atoms with Crippen LogP contribution in [0, 0.1) is 6.92 Å². The molecule has 1 unspecified atom stereocenters. The Labute approximate surface area is 172 Å². The van der Waals surface area contributed by atoms with Gasteiger partial charge in [0.15, 0.2) is 11.5 Å². The molecule has 0 aliphatic carbocycles. The van der Waals surface area contributed by atoms with E-state index in [-0.39, 0.29) is 11.9 Å². The normalized spacial score (nSPS) is 15.6. The van der Waals surface area contributed by atoms with Gasteiger partial charge in [-0.3, -0.25) is 9.69 Å². The molecule has 0 aromatic heterocycles.